The molecule has 5 heteroatoms. The molecule has 2 aromatic carbocycles. The van der Waals surface area contributed by atoms with E-state index >= 15 is 0 Å². The van der Waals surface area contributed by atoms with Crippen LogP contribution < -0.4 is 5.56 Å². The van der Waals surface area contributed by atoms with Crippen LogP contribution in [-0.4, -0.2) is 26.9 Å². The topological polar surface area (TPSA) is 55.2 Å². The fraction of sp³-hybridized carbons (Fsp3) is 0.375. The summed E-state index contributed by atoms with van der Waals surface area (Å²) in [5.74, 6) is 0.703. The Morgan fingerprint density at radius 3 is 2.52 bits per heavy atom. The van der Waals surface area contributed by atoms with Gasteiger partial charge in [-0.25, -0.2) is 4.98 Å². The van der Waals surface area contributed by atoms with Crippen LogP contribution in [0.3, 0.4) is 0 Å². The molecule has 1 unspecified atom stereocenters. The van der Waals surface area contributed by atoms with Gasteiger partial charge in [0.15, 0.2) is 0 Å². The Labute approximate surface area is 172 Å². The predicted molar refractivity (Wildman–Crippen MR) is 117 cm³/mol. The molecule has 1 amide bonds. The number of nitrogens with zero attached hydrogens (tertiary/aromatic N) is 3. The first-order valence-electron chi connectivity index (χ1n) is 10.4. The Morgan fingerprint density at radius 2 is 1.86 bits per heavy atom. The second kappa shape index (κ2) is 9.03. The lowest BCUT2D eigenvalue weighted by Crippen LogP contribution is -2.38. The minimum Gasteiger partial charge on any atom is -0.333 e. The maximum Gasteiger partial charge on any atom is 0.266 e. The quantitative estimate of drug-likeness (QED) is 0.582. The van der Waals surface area contributed by atoms with Gasteiger partial charge in [-0.2, -0.15) is 0 Å². The second-order valence-corrected chi connectivity index (χ2v) is 7.33. The van der Waals surface area contributed by atoms with Crippen LogP contribution in [0.25, 0.3) is 16.6 Å². The van der Waals surface area contributed by atoms with E-state index < -0.39 is 0 Å². The van der Waals surface area contributed by atoms with E-state index in [2.05, 4.69) is 6.92 Å². The molecule has 1 heterocycles. The first kappa shape index (κ1) is 20.8. The van der Waals surface area contributed by atoms with Crippen molar-refractivity contribution < 1.29 is 4.79 Å². The fourth-order valence-electron chi connectivity index (χ4n) is 3.83. The zero-order valence-corrected chi connectivity index (χ0v) is 17.7. The van der Waals surface area contributed by atoms with Crippen LogP contribution in [0.1, 0.15) is 57.5 Å². The van der Waals surface area contributed by atoms with Gasteiger partial charge in [0.25, 0.3) is 5.56 Å². The van der Waals surface area contributed by atoms with E-state index in [1.54, 1.807) is 4.57 Å². The molecule has 5 nitrogen and oxygen atoms in total. The van der Waals surface area contributed by atoms with Crippen molar-refractivity contribution in [3.8, 4) is 5.69 Å². The third kappa shape index (κ3) is 4.09. The van der Waals surface area contributed by atoms with Gasteiger partial charge >= 0.3 is 0 Å². The van der Waals surface area contributed by atoms with Crippen LogP contribution in [0.4, 0.5) is 0 Å². The number of rotatable bonds is 7. The largest absolute Gasteiger partial charge is 0.333 e. The smallest absolute Gasteiger partial charge is 0.266 e. The van der Waals surface area contributed by atoms with E-state index in [4.69, 9.17) is 4.98 Å². The lowest BCUT2D eigenvalue weighted by molar-refractivity contribution is -0.133. The summed E-state index contributed by atoms with van der Waals surface area (Å²) >= 11 is 0. The van der Waals surface area contributed by atoms with E-state index in [1.807, 2.05) is 74.2 Å². The number of benzene rings is 2. The molecule has 0 aliphatic carbocycles. The van der Waals surface area contributed by atoms with Crippen molar-refractivity contribution in [1.29, 1.82) is 0 Å². The lowest BCUT2D eigenvalue weighted by atomic mass is 10.1. The van der Waals surface area contributed by atoms with E-state index in [1.165, 1.54) is 0 Å². The number of fused-ring (bicyclic) bond motifs is 1. The van der Waals surface area contributed by atoms with Crippen LogP contribution in [0.2, 0.25) is 0 Å². The number of carbonyl (C=O) groups is 1. The minimum atomic E-state index is -0.264. The highest BCUT2D eigenvalue weighted by molar-refractivity contribution is 5.79. The van der Waals surface area contributed by atoms with Crippen LogP contribution in [0.15, 0.2) is 53.3 Å². The van der Waals surface area contributed by atoms with Crippen molar-refractivity contribution in [2.45, 2.75) is 53.0 Å². The number of hydrogen-bond donors (Lipinski definition) is 0. The molecule has 0 spiro atoms. The fourth-order valence-corrected chi connectivity index (χ4v) is 3.83. The normalized spacial score (nSPS) is 12.1. The van der Waals surface area contributed by atoms with Crippen LogP contribution in [0.5, 0.6) is 0 Å². The van der Waals surface area contributed by atoms with Crippen LogP contribution >= 0.6 is 0 Å². The summed E-state index contributed by atoms with van der Waals surface area (Å²) < 4.78 is 1.69. The van der Waals surface area contributed by atoms with Crippen molar-refractivity contribution in [3.05, 3.63) is 70.3 Å². The van der Waals surface area contributed by atoms with E-state index in [-0.39, 0.29) is 17.5 Å². The van der Waals surface area contributed by atoms with Gasteiger partial charge in [0.2, 0.25) is 5.91 Å². The Bertz CT molecular complexity index is 1070. The van der Waals surface area contributed by atoms with Crippen molar-refractivity contribution in [2.24, 2.45) is 0 Å². The van der Waals surface area contributed by atoms with Crippen molar-refractivity contribution in [2.75, 3.05) is 6.54 Å². The molecule has 1 atom stereocenters. The zero-order chi connectivity index (χ0) is 21.0. The highest BCUT2D eigenvalue weighted by Crippen LogP contribution is 2.27. The standard InChI is InChI=1S/C24H29N3O2/c1-5-15-26(22(28)7-3)21(6-2)23-25-20-14-9-8-13-19(20)24(29)27(23)18-12-10-11-17(4)16-18/h8-14,16,21H,5-7,15H2,1-4H3. The van der Waals surface area contributed by atoms with Gasteiger partial charge in [-0.15, -0.1) is 0 Å². The van der Waals surface area contributed by atoms with Gasteiger partial charge in [-0.05, 0) is 49.6 Å². The summed E-state index contributed by atoms with van der Waals surface area (Å²) in [6.07, 6.45) is 1.96. The molecule has 0 fully saturated rings. The zero-order valence-electron chi connectivity index (χ0n) is 17.7. The predicted octanol–water partition coefficient (Wildman–Crippen LogP) is 4.79. The highest BCUT2D eigenvalue weighted by Gasteiger charge is 2.27. The van der Waals surface area contributed by atoms with Crippen molar-refractivity contribution in [3.63, 3.8) is 0 Å². The van der Waals surface area contributed by atoms with Gasteiger partial charge in [-0.1, -0.05) is 45.0 Å². The Morgan fingerprint density at radius 1 is 1.10 bits per heavy atom. The monoisotopic (exact) mass is 391 g/mol. The number of para-hydroxylation sites is 1. The van der Waals surface area contributed by atoms with Gasteiger partial charge in [0.1, 0.15) is 5.82 Å². The van der Waals surface area contributed by atoms with Crippen molar-refractivity contribution in [1.82, 2.24) is 14.5 Å². The third-order valence-electron chi connectivity index (χ3n) is 5.21. The van der Waals surface area contributed by atoms with Crippen LogP contribution in [0, 0.1) is 6.92 Å². The lowest BCUT2D eigenvalue weighted by Gasteiger charge is -2.32. The minimum absolute atomic E-state index is 0.0805. The summed E-state index contributed by atoms with van der Waals surface area (Å²) in [6, 6.07) is 15.0. The Balaban J connectivity index is 2.33. The Kier molecular flexibility index (Phi) is 6.47. The van der Waals surface area contributed by atoms with Gasteiger partial charge in [0, 0.05) is 13.0 Å². The molecule has 0 aliphatic heterocycles. The SMILES string of the molecule is CCCN(C(=O)CC)C(CC)c1nc2ccccc2c(=O)n1-c1cccc(C)c1. The third-order valence-corrected chi connectivity index (χ3v) is 5.21. The Hall–Kier alpha value is -2.95. The molecule has 29 heavy (non-hydrogen) atoms. The number of carbonyl (C=O) groups excluding carboxylic acids is 1. The van der Waals surface area contributed by atoms with Gasteiger partial charge in [-0.3, -0.25) is 14.2 Å². The van der Waals surface area contributed by atoms with Gasteiger partial charge in [0.05, 0.1) is 22.6 Å². The molecule has 3 rings (SSSR count). The number of aromatic nitrogens is 2. The molecule has 3 aromatic rings. The van der Waals surface area contributed by atoms with Crippen LogP contribution in [-0.2, 0) is 4.79 Å². The summed E-state index contributed by atoms with van der Waals surface area (Å²) in [4.78, 5) is 33.0. The molecule has 0 bridgehead atoms. The molecule has 1 aromatic heterocycles. The first-order valence-corrected chi connectivity index (χ1v) is 10.4. The van der Waals surface area contributed by atoms with Gasteiger partial charge < -0.3 is 4.90 Å². The average molecular weight is 392 g/mol. The van der Waals surface area contributed by atoms with Crippen molar-refractivity contribution >= 4 is 16.8 Å². The molecular formula is C24H29N3O2. The molecular weight excluding hydrogens is 362 g/mol. The maximum absolute atomic E-state index is 13.5. The molecule has 0 saturated carbocycles. The summed E-state index contributed by atoms with van der Waals surface area (Å²) in [7, 11) is 0. The molecule has 0 aliphatic rings. The number of amides is 1. The summed E-state index contributed by atoms with van der Waals surface area (Å²) in [6.45, 7) is 8.62. The second-order valence-electron chi connectivity index (χ2n) is 7.33. The molecule has 0 N–H and O–H groups in total. The number of hydrogen-bond acceptors (Lipinski definition) is 3. The summed E-state index contributed by atoms with van der Waals surface area (Å²) in [5, 5.41) is 0.580. The average Bonchev–Trinajstić information content (AvgIpc) is 2.73. The number of aryl methyl sites for hydroxylation is 1. The molecule has 0 radical (unpaired) electrons. The highest BCUT2D eigenvalue weighted by atomic mass is 16.2. The maximum atomic E-state index is 13.5. The van der Waals surface area contributed by atoms with E-state index in [9.17, 15) is 9.59 Å². The van der Waals surface area contributed by atoms with E-state index in [0.717, 1.165) is 17.7 Å². The van der Waals surface area contributed by atoms with E-state index in [0.29, 0.717) is 36.1 Å². The molecule has 0 saturated heterocycles. The summed E-state index contributed by atoms with van der Waals surface area (Å²) in [5.41, 5.74) is 2.41. The first-order chi connectivity index (χ1) is 14.0. The molecule has 152 valence electrons.